The van der Waals surface area contributed by atoms with Crippen LogP contribution < -0.4 is 0 Å². The minimum absolute atomic E-state index is 0.00627. The van der Waals surface area contributed by atoms with Crippen molar-refractivity contribution in [2.75, 3.05) is 26.2 Å². The third-order valence-corrected chi connectivity index (χ3v) is 4.44. The van der Waals surface area contributed by atoms with E-state index in [1.807, 2.05) is 4.90 Å². The lowest BCUT2D eigenvalue weighted by atomic mass is 10.2. The van der Waals surface area contributed by atoms with Gasteiger partial charge in [-0.25, -0.2) is 9.37 Å². The van der Waals surface area contributed by atoms with Gasteiger partial charge in [-0.2, -0.15) is 0 Å². The first-order valence-electron chi connectivity index (χ1n) is 8.43. The molecule has 2 aromatic heterocycles. The number of oxazole rings is 1. The second-order valence-corrected chi connectivity index (χ2v) is 6.23. The molecule has 0 N–H and O–H groups in total. The number of rotatable bonds is 4. The van der Waals surface area contributed by atoms with Gasteiger partial charge in [0.2, 0.25) is 5.89 Å². The molecule has 3 heterocycles. The van der Waals surface area contributed by atoms with Gasteiger partial charge in [0.1, 0.15) is 18.3 Å². The molecule has 0 spiro atoms. The van der Waals surface area contributed by atoms with Gasteiger partial charge in [-0.1, -0.05) is 6.07 Å². The van der Waals surface area contributed by atoms with Crippen molar-refractivity contribution in [3.05, 3.63) is 66.2 Å². The normalized spacial score (nSPS) is 15.3. The summed E-state index contributed by atoms with van der Waals surface area (Å²) in [5, 5.41) is 0. The fourth-order valence-electron chi connectivity index (χ4n) is 3.04. The molecule has 1 amide bonds. The number of hydrogen-bond acceptors (Lipinski definition) is 5. The van der Waals surface area contributed by atoms with E-state index >= 15 is 0 Å². The first kappa shape index (κ1) is 16.5. The molecule has 6 nitrogen and oxygen atoms in total. The Bertz CT molecular complexity index is 883. The van der Waals surface area contributed by atoms with Crippen LogP contribution in [-0.4, -0.2) is 46.9 Å². The highest BCUT2D eigenvalue weighted by molar-refractivity contribution is 5.93. The van der Waals surface area contributed by atoms with Crippen molar-refractivity contribution >= 4 is 5.91 Å². The van der Waals surface area contributed by atoms with Gasteiger partial charge in [-0.3, -0.25) is 9.69 Å². The summed E-state index contributed by atoms with van der Waals surface area (Å²) in [5.41, 5.74) is 1.99. The largest absolute Gasteiger partial charge is 0.472 e. The number of aromatic nitrogens is 1. The standard InChI is InChI=1S/C19H18FN3O3/c20-16-3-1-2-14(10-16)18-21-17(13-26-18)11-22-5-7-23(8-6-22)19(24)15-4-9-25-12-15/h1-4,9-10,12-13H,5-8,11H2. The van der Waals surface area contributed by atoms with Gasteiger partial charge >= 0.3 is 0 Å². The molecule has 7 heteroatoms. The zero-order valence-electron chi connectivity index (χ0n) is 14.1. The number of halogens is 1. The Morgan fingerprint density at radius 3 is 2.73 bits per heavy atom. The van der Waals surface area contributed by atoms with Crippen LogP contribution >= 0.6 is 0 Å². The summed E-state index contributed by atoms with van der Waals surface area (Å²) in [6.07, 6.45) is 4.57. The number of carbonyl (C=O) groups is 1. The summed E-state index contributed by atoms with van der Waals surface area (Å²) < 4.78 is 23.8. The number of benzene rings is 1. The highest BCUT2D eigenvalue weighted by Crippen LogP contribution is 2.20. The number of piperazine rings is 1. The summed E-state index contributed by atoms with van der Waals surface area (Å²) in [6, 6.07) is 7.86. The molecule has 1 saturated heterocycles. The number of furan rings is 1. The number of hydrogen-bond donors (Lipinski definition) is 0. The van der Waals surface area contributed by atoms with E-state index in [2.05, 4.69) is 9.88 Å². The zero-order valence-corrected chi connectivity index (χ0v) is 14.1. The number of nitrogens with zero attached hydrogens (tertiary/aromatic N) is 3. The molecule has 0 aliphatic carbocycles. The third-order valence-electron chi connectivity index (χ3n) is 4.44. The average Bonchev–Trinajstić information content (AvgIpc) is 3.34. The Morgan fingerprint density at radius 2 is 2.00 bits per heavy atom. The van der Waals surface area contributed by atoms with Gasteiger partial charge in [0, 0.05) is 38.3 Å². The zero-order chi connectivity index (χ0) is 17.9. The van der Waals surface area contributed by atoms with E-state index in [1.54, 1.807) is 24.5 Å². The van der Waals surface area contributed by atoms with Crippen molar-refractivity contribution in [2.24, 2.45) is 0 Å². The molecular formula is C19H18FN3O3. The van der Waals surface area contributed by atoms with E-state index in [0.717, 1.165) is 18.8 Å². The fourth-order valence-corrected chi connectivity index (χ4v) is 3.04. The van der Waals surface area contributed by atoms with Gasteiger partial charge in [0.15, 0.2) is 0 Å². The molecule has 1 aromatic carbocycles. The number of amides is 1. The maximum absolute atomic E-state index is 13.3. The van der Waals surface area contributed by atoms with Crippen LogP contribution in [0, 0.1) is 5.82 Å². The highest BCUT2D eigenvalue weighted by atomic mass is 19.1. The van der Waals surface area contributed by atoms with Gasteiger partial charge in [0.05, 0.1) is 17.5 Å². The van der Waals surface area contributed by atoms with E-state index in [9.17, 15) is 9.18 Å². The second-order valence-electron chi connectivity index (χ2n) is 6.23. The quantitative estimate of drug-likeness (QED) is 0.720. The molecule has 4 rings (SSSR count). The molecular weight excluding hydrogens is 337 g/mol. The molecule has 1 aliphatic rings. The molecule has 0 unspecified atom stereocenters. The maximum Gasteiger partial charge on any atom is 0.257 e. The lowest BCUT2D eigenvalue weighted by Crippen LogP contribution is -2.48. The van der Waals surface area contributed by atoms with Crippen LogP contribution in [0.3, 0.4) is 0 Å². The summed E-state index contributed by atoms with van der Waals surface area (Å²) in [5.74, 6) is 0.0853. The Morgan fingerprint density at radius 1 is 1.15 bits per heavy atom. The monoisotopic (exact) mass is 355 g/mol. The van der Waals surface area contributed by atoms with E-state index in [-0.39, 0.29) is 11.7 Å². The molecule has 3 aromatic rings. The summed E-state index contributed by atoms with van der Waals surface area (Å²) in [7, 11) is 0. The minimum Gasteiger partial charge on any atom is -0.472 e. The second kappa shape index (κ2) is 7.13. The molecule has 1 aliphatic heterocycles. The molecule has 134 valence electrons. The van der Waals surface area contributed by atoms with E-state index < -0.39 is 0 Å². The predicted molar refractivity (Wildman–Crippen MR) is 91.8 cm³/mol. The molecule has 26 heavy (non-hydrogen) atoms. The van der Waals surface area contributed by atoms with Crippen molar-refractivity contribution in [3.63, 3.8) is 0 Å². The van der Waals surface area contributed by atoms with E-state index in [4.69, 9.17) is 8.83 Å². The Kier molecular flexibility index (Phi) is 4.53. The third kappa shape index (κ3) is 3.52. The summed E-state index contributed by atoms with van der Waals surface area (Å²) in [4.78, 5) is 20.8. The van der Waals surface area contributed by atoms with Crippen molar-refractivity contribution in [3.8, 4) is 11.5 Å². The van der Waals surface area contributed by atoms with Gasteiger partial charge < -0.3 is 13.7 Å². The van der Waals surface area contributed by atoms with Crippen molar-refractivity contribution in [1.29, 1.82) is 0 Å². The van der Waals surface area contributed by atoms with E-state index in [0.29, 0.717) is 36.7 Å². The van der Waals surface area contributed by atoms with Crippen LogP contribution in [0.5, 0.6) is 0 Å². The highest BCUT2D eigenvalue weighted by Gasteiger charge is 2.23. The number of carbonyl (C=O) groups excluding carboxylic acids is 1. The molecule has 0 bridgehead atoms. The smallest absolute Gasteiger partial charge is 0.257 e. The van der Waals surface area contributed by atoms with Crippen LogP contribution in [0.15, 0.2) is 58.0 Å². The van der Waals surface area contributed by atoms with E-state index in [1.165, 1.54) is 24.7 Å². The fraction of sp³-hybridized carbons (Fsp3) is 0.263. The first-order valence-corrected chi connectivity index (χ1v) is 8.43. The van der Waals surface area contributed by atoms with Gasteiger partial charge in [0.25, 0.3) is 5.91 Å². The minimum atomic E-state index is -0.319. The lowest BCUT2D eigenvalue weighted by Gasteiger charge is -2.34. The Labute approximate surface area is 149 Å². The van der Waals surface area contributed by atoms with Crippen molar-refractivity contribution < 1.29 is 18.0 Å². The SMILES string of the molecule is O=C(c1ccoc1)N1CCN(Cc2coc(-c3cccc(F)c3)n2)CC1. The van der Waals surface area contributed by atoms with Crippen LogP contribution in [0.25, 0.3) is 11.5 Å². The van der Waals surface area contributed by atoms with Crippen molar-refractivity contribution in [1.82, 2.24) is 14.8 Å². The molecule has 1 fully saturated rings. The molecule has 0 saturated carbocycles. The summed E-state index contributed by atoms with van der Waals surface area (Å²) in [6.45, 7) is 3.45. The lowest BCUT2D eigenvalue weighted by molar-refractivity contribution is 0.0626. The Balaban J connectivity index is 1.34. The van der Waals surface area contributed by atoms with Crippen LogP contribution in [0.2, 0.25) is 0 Å². The topological polar surface area (TPSA) is 62.7 Å². The first-order chi connectivity index (χ1) is 12.7. The van der Waals surface area contributed by atoms with Gasteiger partial charge in [-0.05, 0) is 24.3 Å². The predicted octanol–water partition coefficient (Wildman–Crippen LogP) is 3.03. The average molecular weight is 355 g/mol. The molecule has 0 radical (unpaired) electrons. The molecule has 0 atom stereocenters. The Hall–Kier alpha value is -2.93. The van der Waals surface area contributed by atoms with Crippen LogP contribution in [-0.2, 0) is 6.54 Å². The maximum atomic E-state index is 13.3. The van der Waals surface area contributed by atoms with Gasteiger partial charge in [-0.15, -0.1) is 0 Å². The van der Waals surface area contributed by atoms with Crippen molar-refractivity contribution in [2.45, 2.75) is 6.54 Å². The van der Waals surface area contributed by atoms with Crippen LogP contribution in [0.1, 0.15) is 16.1 Å². The summed E-state index contributed by atoms with van der Waals surface area (Å²) >= 11 is 0. The van der Waals surface area contributed by atoms with Crippen LogP contribution in [0.4, 0.5) is 4.39 Å².